The van der Waals surface area contributed by atoms with Crippen molar-refractivity contribution in [1.29, 1.82) is 0 Å². The number of nitrogens with one attached hydrogen (secondary N) is 1. The van der Waals surface area contributed by atoms with E-state index in [2.05, 4.69) is 23.3 Å². The molecule has 0 aromatic carbocycles. The maximum Gasteiger partial charge on any atom is 0.214 e. The number of rotatable bonds is 4. The first-order valence-electron chi connectivity index (χ1n) is 8.44. The molecule has 1 aromatic rings. The molecule has 4 saturated carbocycles. The number of pyridine rings is 1. The molecular weight excluding hydrogens is 260 g/mol. The Kier molecular flexibility index (Phi) is 3.13. The summed E-state index contributed by atoms with van der Waals surface area (Å²) in [7, 11) is 1.68. The maximum atomic E-state index is 5.23. The highest BCUT2D eigenvalue weighted by molar-refractivity contribution is 5.38. The molecule has 1 N–H and O–H groups in total. The van der Waals surface area contributed by atoms with Gasteiger partial charge >= 0.3 is 0 Å². The van der Waals surface area contributed by atoms with Gasteiger partial charge in [0.25, 0.3) is 0 Å². The zero-order valence-electron chi connectivity index (χ0n) is 13.1. The minimum absolute atomic E-state index is 0.505. The van der Waals surface area contributed by atoms with Gasteiger partial charge in [0, 0.05) is 12.1 Å². The number of ether oxygens (including phenoxy) is 1. The van der Waals surface area contributed by atoms with E-state index in [4.69, 9.17) is 4.74 Å². The largest absolute Gasteiger partial charge is 0.481 e. The van der Waals surface area contributed by atoms with E-state index in [1.807, 2.05) is 12.1 Å². The van der Waals surface area contributed by atoms with E-state index in [0.29, 0.717) is 17.3 Å². The average Bonchev–Trinajstić information content (AvgIpc) is 2.46. The van der Waals surface area contributed by atoms with E-state index in [1.54, 1.807) is 7.11 Å². The summed E-state index contributed by atoms with van der Waals surface area (Å²) < 4.78 is 5.23. The maximum absolute atomic E-state index is 5.23. The van der Waals surface area contributed by atoms with Gasteiger partial charge in [-0.1, -0.05) is 6.07 Å². The first-order chi connectivity index (χ1) is 10.2. The lowest BCUT2D eigenvalue weighted by atomic mass is 9.48. The van der Waals surface area contributed by atoms with Crippen molar-refractivity contribution in [2.45, 2.75) is 51.5 Å². The van der Waals surface area contributed by atoms with Gasteiger partial charge in [0.15, 0.2) is 0 Å². The van der Waals surface area contributed by atoms with E-state index in [0.717, 1.165) is 23.6 Å². The van der Waals surface area contributed by atoms with Crippen LogP contribution in [-0.4, -0.2) is 18.1 Å². The Morgan fingerprint density at radius 3 is 2.33 bits per heavy atom. The topological polar surface area (TPSA) is 34.1 Å². The third-order valence-corrected chi connectivity index (χ3v) is 6.30. The monoisotopic (exact) mass is 286 g/mol. The Morgan fingerprint density at radius 1 is 1.14 bits per heavy atom. The Labute approximate surface area is 127 Å². The van der Waals surface area contributed by atoms with Gasteiger partial charge < -0.3 is 10.1 Å². The second-order valence-electron chi connectivity index (χ2n) is 7.71. The zero-order chi connectivity index (χ0) is 14.4. The lowest BCUT2D eigenvalue weighted by molar-refractivity contribution is -0.0603. The van der Waals surface area contributed by atoms with E-state index in [9.17, 15) is 0 Å². The molecule has 1 aromatic heterocycles. The van der Waals surface area contributed by atoms with Gasteiger partial charge in [-0.2, -0.15) is 4.98 Å². The number of nitrogens with zero attached hydrogens (tertiary/aromatic N) is 1. The average molecular weight is 286 g/mol. The minimum Gasteiger partial charge on any atom is -0.481 e. The van der Waals surface area contributed by atoms with Crippen molar-refractivity contribution in [3.05, 3.63) is 18.2 Å². The van der Waals surface area contributed by atoms with E-state index < -0.39 is 0 Å². The van der Waals surface area contributed by atoms with Gasteiger partial charge in [0.1, 0.15) is 5.82 Å². The Morgan fingerprint density at radius 2 is 1.76 bits per heavy atom. The summed E-state index contributed by atoms with van der Waals surface area (Å²) in [6, 6.07) is 6.48. The summed E-state index contributed by atoms with van der Waals surface area (Å²) in [6.07, 6.45) is 8.79. The van der Waals surface area contributed by atoms with E-state index in [1.165, 1.54) is 38.5 Å². The van der Waals surface area contributed by atoms with Crippen LogP contribution in [0.1, 0.15) is 45.4 Å². The summed E-state index contributed by atoms with van der Waals surface area (Å²) in [5.74, 6) is 4.65. The van der Waals surface area contributed by atoms with Crippen molar-refractivity contribution >= 4 is 5.82 Å². The molecule has 1 unspecified atom stereocenters. The summed E-state index contributed by atoms with van der Waals surface area (Å²) in [4.78, 5) is 4.53. The molecule has 21 heavy (non-hydrogen) atoms. The van der Waals surface area contributed by atoms with Crippen LogP contribution < -0.4 is 10.1 Å². The molecule has 0 aliphatic heterocycles. The molecule has 3 nitrogen and oxygen atoms in total. The molecule has 1 heterocycles. The van der Waals surface area contributed by atoms with Crippen LogP contribution in [0.5, 0.6) is 5.88 Å². The second-order valence-corrected chi connectivity index (χ2v) is 7.71. The first-order valence-corrected chi connectivity index (χ1v) is 8.44. The molecule has 1 atom stereocenters. The van der Waals surface area contributed by atoms with Gasteiger partial charge in [-0.3, -0.25) is 0 Å². The molecule has 4 aliphatic carbocycles. The van der Waals surface area contributed by atoms with Crippen LogP contribution in [0, 0.1) is 23.2 Å². The molecule has 114 valence electrons. The molecular formula is C18H26N2O. The molecule has 5 rings (SSSR count). The van der Waals surface area contributed by atoms with Crippen LogP contribution in [0.4, 0.5) is 5.82 Å². The summed E-state index contributed by atoms with van der Waals surface area (Å²) in [6.45, 7) is 2.37. The molecule has 4 bridgehead atoms. The lowest BCUT2D eigenvalue weighted by Gasteiger charge is -2.59. The van der Waals surface area contributed by atoms with Gasteiger partial charge in [0.2, 0.25) is 5.88 Å². The quantitative estimate of drug-likeness (QED) is 0.904. The number of methoxy groups -OCH3 is 1. The Balaban J connectivity index is 1.53. The van der Waals surface area contributed by atoms with Crippen molar-refractivity contribution in [2.75, 3.05) is 12.4 Å². The third-order valence-electron chi connectivity index (χ3n) is 6.30. The van der Waals surface area contributed by atoms with Gasteiger partial charge in [0.05, 0.1) is 7.11 Å². The number of anilines is 1. The Bertz CT molecular complexity index is 492. The zero-order valence-corrected chi connectivity index (χ0v) is 13.1. The molecule has 0 radical (unpaired) electrons. The van der Waals surface area contributed by atoms with Crippen molar-refractivity contribution in [1.82, 2.24) is 4.98 Å². The fourth-order valence-electron chi connectivity index (χ4n) is 5.69. The first kappa shape index (κ1) is 13.4. The highest BCUT2D eigenvalue weighted by Crippen LogP contribution is 2.61. The van der Waals surface area contributed by atoms with Crippen molar-refractivity contribution in [2.24, 2.45) is 23.2 Å². The van der Waals surface area contributed by atoms with E-state index >= 15 is 0 Å². The van der Waals surface area contributed by atoms with Crippen LogP contribution in [0.3, 0.4) is 0 Å². The summed E-state index contributed by atoms with van der Waals surface area (Å²) in [5.41, 5.74) is 0.513. The summed E-state index contributed by atoms with van der Waals surface area (Å²) in [5, 5.41) is 3.68. The molecule has 3 heteroatoms. The smallest absolute Gasteiger partial charge is 0.214 e. The second kappa shape index (κ2) is 4.89. The fraction of sp³-hybridized carbons (Fsp3) is 0.722. The number of hydrogen-bond donors (Lipinski definition) is 1. The predicted octanol–water partition coefficient (Wildman–Crippen LogP) is 4.11. The molecule has 4 fully saturated rings. The fourth-order valence-corrected chi connectivity index (χ4v) is 5.69. The van der Waals surface area contributed by atoms with Crippen LogP contribution in [-0.2, 0) is 0 Å². The normalized spacial score (nSPS) is 38.3. The molecule has 0 saturated heterocycles. The SMILES string of the molecule is COc1cccc(NC(C)C23CC4CC(CC(C4)C2)C3)n1. The predicted molar refractivity (Wildman–Crippen MR) is 84.5 cm³/mol. The highest BCUT2D eigenvalue weighted by Gasteiger charge is 2.53. The molecule has 4 aliphatic rings. The Hall–Kier alpha value is -1.25. The van der Waals surface area contributed by atoms with E-state index in [-0.39, 0.29) is 0 Å². The molecule has 0 spiro atoms. The van der Waals surface area contributed by atoms with Gasteiger partial charge in [-0.15, -0.1) is 0 Å². The van der Waals surface area contributed by atoms with Crippen molar-refractivity contribution < 1.29 is 4.74 Å². The van der Waals surface area contributed by atoms with Gasteiger partial charge in [-0.25, -0.2) is 0 Å². The van der Waals surface area contributed by atoms with Crippen molar-refractivity contribution in [3.63, 3.8) is 0 Å². The lowest BCUT2D eigenvalue weighted by Crippen LogP contribution is -2.52. The van der Waals surface area contributed by atoms with Crippen molar-refractivity contribution in [3.8, 4) is 5.88 Å². The van der Waals surface area contributed by atoms with Crippen LogP contribution in [0.25, 0.3) is 0 Å². The standard InChI is InChI=1S/C18H26N2O/c1-12(19-16-4-3-5-17(20-16)21-2)18-9-13-6-14(10-18)8-15(7-13)11-18/h3-5,12-15H,6-11H2,1-2H3,(H,19,20). The third kappa shape index (κ3) is 2.31. The highest BCUT2D eigenvalue weighted by atomic mass is 16.5. The van der Waals surface area contributed by atoms with Crippen LogP contribution >= 0.6 is 0 Å². The number of hydrogen-bond acceptors (Lipinski definition) is 3. The van der Waals surface area contributed by atoms with Crippen LogP contribution in [0.15, 0.2) is 18.2 Å². The minimum atomic E-state index is 0.505. The van der Waals surface area contributed by atoms with Gasteiger partial charge in [-0.05, 0) is 74.7 Å². The summed E-state index contributed by atoms with van der Waals surface area (Å²) >= 11 is 0. The number of aromatic nitrogens is 1. The molecule has 0 amide bonds. The van der Waals surface area contributed by atoms with Crippen LogP contribution in [0.2, 0.25) is 0 Å².